The maximum Gasteiger partial charge on any atom is 0.363 e. The Balaban J connectivity index is 1.83. The van der Waals surface area contributed by atoms with Crippen molar-refractivity contribution < 1.29 is 19.7 Å². The second-order valence-electron chi connectivity index (χ2n) is 6.39. The zero-order valence-electron chi connectivity index (χ0n) is 13.6. The van der Waals surface area contributed by atoms with Gasteiger partial charge in [-0.15, -0.1) is 0 Å². The summed E-state index contributed by atoms with van der Waals surface area (Å²) in [4.78, 5) is 13.7. The fourth-order valence-electron chi connectivity index (χ4n) is 2.77. The third kappa shape index (κ3) is 7.24. The highest BCUT2D eigenvalue weighted by Crippen LogP contribution is 2.40. The number of carboxylic acids is 1. The number of aliphatic hydroxyl groups is 1. The first kappa shape index (κ1) is 18.9. The minimum absolute atomic E-state index is 0.291. The van der Waals surface area contributed by atoms with Crippen molar-refractivity contribution in [2.75, 3.05) is 0 Å². The first-order chi connectivity index (χ1) is 10.5. The number of aliphatic carboxylic acids is 1. The van der Waals surface area contributed by atoms with Gasteiger partial charge in [0.15, 0.2) is 6.10 Å². The largest absolute Gasteiger partial charge is 0.481 e. The van der Waals surface area contributed by atoms with Gasteiger partial charge in [0.1, 0.15) is 0 Å². The van der Waals surface area contributed by atoms with Gasteiger partial charge in [0, 0.05) is 13.3 Å². The maximum absolute atomic E-state index is 10.3. The van der Waals surface area contributed by atoms with Crippen LogP contribution in [-0.2, 0) is 9.53 Å². The molecule has 5 heteroatoms. The van der Waals surface area contributed by atoms with Crippen LogP contribution in [0, 0.1) is 6.57 Å². The SMILES string of the molecule is [C-]#[N+][C@@]1(C)O[C@H]1[C@@H](O)CCCCCCCCCCCC(=O)O. The van der Waals surface area contributed by atoms with Gasteiger partial charge in [-0.3, -0.25) is 14.4 Å². The number of carbonyl (C=O) groups is 1. The van der Waals surface area contributed by atoms with Gasteiger partial charge in [-0.05, 0) is 12.8 Å². The molecule has 0 bridgehead atoms. The summed E-state index contributed by atoms with van der Waals surface area (Å²) in [6, 6.07) is 0. The van der Waals surface area contributed by atoms with Crippen LogP contribution in [0.5, 0.6) is 0 Å². The van der Waals surface area contributed by atoms with Crippen LogP contribution >= 0.6 is 0 Å². The predicted molar refractivity (Wildman–Crippen MR) is 84.3 cm³/mol. The minimum atomic E-state index is -0.778. The number of carboxylic acid groups (broad SMARTS) is 1. The summed E-state index contributed by atoms with van der Waals surface area (Å²) in [5, 5.41) is 18.4. The molecule has 22 heavy (non-hydrogen) atoms. The second kappa shape index (κ2) is 9.81. The Morgan fingerprint density at radius 3 is 2.09 bits per heavy atom. The maximum atomic E-state index is 10.3. The molecule has 0 aromatic rings. The summed E-state index contributed by atoms with van der Waals surface area (Å²) < 4.78 is 5.23. The highest BCUT2D eigenvalue weighted by Gasteiger charge is 2.64. The number of unbranched alkanes of at least 4 members (excludes halogenated alkanes) is 8. The van der Waals surface area contributed by atoms with Gasteiger partial charge in [0.05, 0.1) is 6.10 Å². The third-order valence-corrected chi connectivity index (χ3v) is 4.30. The number of nitrogens with zero attached hydrogens (tertiary/aromatic N) is 1. The number of rotatable bonds is 13. The van der Waals surface area contributed by atoms with E-state index in [4.69, 9.17) is 16.4 Å². The fraction of sp³-hybridized carbons (Fsp3) is 0.882. The van der Waals surface area contributed by atoms with Crippen molar-refractivity contribution in [2.24, 2.45) is 0 Å². The average Bonchev–Trinajstić information content (AvgIpc) is 3.17. The van der Waals surface area contributed by atoms with Crippen molar-refractivity contribution in [3.63, 3.8) is 0 Å². The van der Waals surface area contributed by atoms with E-state index in [1.807, 2.05) is 0 Å². The number of ether oxygens (including phenoxy) is 1. The molecular formula is C17H29NO4. The van der Waals surface area contributed by atoms with E-state index in [2.05, 4.69) is 4.85 Å². The van der Waals surface area contributed by atoms with E-state index in [-0.39, 0.29) is 6.10 Å². The zero-order valence-corrected chi connectivity index (χ0v) is 13.6. The molecule has 0 aliphatic carbocycles. The van der Waals surface area contributed by atoms with Crippen LogP contribution in [0.15, 0.2) is 0 Å². The Morgan fingerprint density at radius 1 is 1.14 bits per heavy atom. The molecule has 0 saturated carbocycles. The summed E-state index contributed by atoms with van der Waals surface area (Å²) in [6.45, 7) is 8.70. The van der Waals surface area contributed by atoms with Gasteiger partial charge >= 0.3 is 11.7 Å². The van der Waals surface area contributed by atoms with E-state index in [1.54, 1.807) is 6.92 Å². The molecule has 0 radical (unpaired) electrons. The van der Waals surface area contributed by atoms with Gasteiger partial charge in [0.2, 0.25) is 0 Å². The molecule has 1 heterocycles. The van der Waals surface area contributed by atoms with Crippen LogP contribution in [0.1, 0.15) is 77.6 Å². The van der Waals surface area contributed by atoms with Crippen LogP contribution in [0.2, 0.25) is 0 Å². The molecule has 1 rings (SSSR count). The second-order valence-corrected chi connectivity index (χ2v) is 6.39. The van der Waals surface area contributed by atoms with Gasteiger partial charge in [-0.2, -0.15) is 0 Å². The first-order valence-electron chi connectivity index (χ1n) is 8.46. The van der Waals surface area contributed by atoms with Crippen molar-refractivity contribution in [3.8, 4) is 0 Å². The molecule has 1 aliphatic rings. The van der Waals surface area contributed by atoms with E-state index < -0.39 is 17.8 Å². The normalized spacial score (nSPS) is 24.7. The minimum Gasteiger partial charge on any atom is -0.481 e. The van der Waals surface area contributed by atoms with Crippen LogP contribution in [0.25, 0.3) is 4.85 Å². The highest BCUT2D eigenvalue weighted by atomic mass is 16.6. The average molecular weight is 311 g/mol. The van der Waals surface area contributed by atoms with E-state index in [9.17, 15) is 9.90 Å². The molecule has 1 aliphatic heterocycles. The van der Waals surface area contributed by atoms with E-state index in [0.717, 1.165) is 32.1 Å². The molecule has 0 unspecified atom stereocenters. The van der Waals surface area contributed by atoms with Crippen molar-refractivity contribution in [1.29, 1.82) is 0 Å². The summed E-state index contributed by atoms with van der Waals surface area (Å²) in [5.74, 6) is -0.699. The molecule has 1 saturated heterocycles. The van der Waals surface area contributed by atoms with Crippen molar-refractivity contribution >= 4 is 5.97 Å². The van der Waals surface area contributed by atoms with Crippen LogP contribution in [0.4, 0.5) is 0 Å². The lowest BCUT2D eigenvalue weighted by Gasteiger charge is -2.06. The third-order valence-electron chi connectivity index (χ3n) is 4.30. The van der Waals surface area contributed by atoms with Gasteiger partial charge in [-0.1, -0.05) is 51.4 Å². The standard InChI is InChI=1S/C17H29NO4/c1-17(18-2)16(22-17)14(19)12-10-8-6-4-3-5-7-9-11-13-15(20)21/h14,16,19H,3-13H2,1H3,(H,20,21)/t14-,16-,17-/m0/s1. The molecule has 5 nitrogen and oxygen atoms in total. The monoisotopic (exact) mass is 311 g/mol. The Morgan fingerprint density at radius 2 is 1.64 bits per heavy atom. The molecule has 2 N–H and O–H groups in total. The first-order valence-corrected chi connectivity index (χ1v) is 8.46. The Bertz CT molecular complexity index is 379. The number of aliphatic hydroxyl groups excluding tert-OH is 1. The van der Waals surface area contributed by atoms with Crippen LogP contribution in [0.3, 0.4) is 0 Å². The molecule has 1 fully saturated rings. The topological polar surface area (TPSA) is 74.4 Å². The molecule has 3 atom stereocenters. The van der Waals surface area contributed by atoms with Crippen molar-refractivity contribution in [2.45, 2.75) is 95.5 Å². The smallest absolute Gasteiger partial charge is 0.363 e. The summed E-state index contributed by atoms with van der Waals surface area (Å²) >= 11 is 0. The number of hydrogen-bond acceptors (Lipinski definition) is 3. The van der Waals surface area contributed by atoms with Crippen LogP contribution < -0.4 is 0 Å². The van der Waals surface area contributed by atoms with Gasteiger partial charge in [0.25, 0.3) is 0 Å². The Labute approximate surface area is 133 Å². The predicted octanol–water partition coefficient (Wildman–Crippen LogP) is 3.76. The lowest BCUT2D eigenvalue weighted by atomic mass is 10.0. The Hall–Kier alpha value is -1.12. The molecule has 0 amide bonds. The molecule has 0 aromatic heterocycles. The fourth-order valence-corrected chi connectivity index (χ4v) is 2.77. The summed E-state index contributed by atoms with van der Waals surface area (Å²) in [7, 11) is 0. The molecular weight excluding hydrogens is 282 g/mol. The van der Waals surface area contributed by atoms with Crippen molar-refractivity contribution in [3.05, 3.63) is 11.4 Å². The highest BCUT2D eigenvalue weighted by molar-refractivity contribution is 5.66. The zero-order chi connectivity index (χ0) is 16.4. The van der Waals surface area contributed by atoms with E-state index >= 15 is 0 Å². The summed E-state index contributed by atoms with van der Waals surface area (Å²) in [5.41, 5.74) is -0.778. The quantitative estimate of drug-likeness (QED) is 0.308. The van der Waals surface area contributed by atoms with Crippen LogP contribution in [-0.4, -0.2) is 34.1 Å². The molecule has 0 aromatic carbocycles. The Kier molecular flexibility index (Phi) is 8.44. The van der Waals surface area contributed by atoms with E-state index in [1.165, 1.54) is 25.7 Å². The van der Waals surface area contributed by atoms with E-state index in [0.29, 0.717) is 12.8 Å². The van der Waals surface area contributed by atoms with Crippen molar-refractivity contribution in [1.82, 2.24) is 0 Å². The van der Waals surface area contributed by atoms with Gasteiger partial charge < -0.3 is 10.2 Å². The number of hydrogen-bond donors (Lipinski definition) is 2. The lowest BCUT2D eigenvalue weighted by molar-refractivity contribution is -0.137. The van der Waals surface area contributed by atoms with Gasteiger partial charge in [-0.25, -0.2) is 6.57 Å². The molecule has 126 valence electrons. The lowest BCUT2D eigenvalue weighted by Crippen LogP contribution is -2.20. The summed E-state index contributed by atoms with van der Waals surface area (Å²) in [6.07, 6.45) is 9.99. The molecule has 0 spiro atoms. The number of epoxide rings is 1.